The van der Waals surface area contributed by atoms with Crippen LogP contribution in [0.5, 0.6) is 0 Å². The second-order valence-electron chi connectivity index (χ2n) is 7.73. The molecule has 2 N–H and O–H groups in total. The van der Waals surface area contributed by atoms with Crippen LogP contribution >= 0.6 is 23.4 Å². The molecule has 7 nitrogen and oxygen atoms in total. The molecule has 0 radical (unpaired) electrons. The molecule has 10 heteroatoms. The third-order valence-corrected chi connectivity index (χ3v) is 5.62. The number of amides is 3. The number of rotatable bonds is 3. The number of thioether (sulfide) groups is 1. The minimum atomic E-state index is -0.805. The molecule has 2 aromatic rings. The molecule has 31 heavy (non-hydrogen) atoms. The number of fused-ring (bicyclic) bond motifs is 1. The van der Waals surface area contributed by atoms with Gasteiger partial charge in [0.15, 0.2) is 0 Å². The minimum absolute atomic E-state index is 0.0703. The Morgan fingerprint density at radius 2 is 1.97 bits per heavy atom. The van der Waals surface area contributed by atoms with E-state index in [1.165, 1.54) is 34.9 Å². The number of halogens is 2. The van der Waals surface area contributed by atoms with Crippen molar-refractivity contribution in [1.82, 2.24) is 10.9 Å². The first-order chi connectivity index (χ1) is 14.5. The number of ether oxygens (including phenoxy) is 1. The molecule has 0 bridgehead atoms. The fraction of sp³-hybridized carbons (Fsp3) is 0.286. The lowest BCUT2D eigenvalue weighted by molar-refractivity contribution is -0.116. The highest BCUT2D eigenvalue weighted by Crippen LogP contribution is 2.37. The lowest BCUT2D eigenvalue weighted by atomic mass is 10.1. The largest absolute Gasteiger partial charge is 0.443 e. The van der Waals surface area contributed by atoms with Gasteiger partial charge in [-0.2, -0.15) is 0 Å². The lowest BCUT2D eigenvalue weighted by Gasteiger charge is -2.30. The molecule has 0 saturated heterocycles. The van der Waals surface area contributed by atoms with Gasteiger partial charge in [-0.15, -0.1) is 11.8 Å². The summed E-state index contributed by atoms with van der Waals surface area (Å²) in [5.41, 5.74) is 4.59. The van der Waals surface area contributed by atoms with Crippen LogP contribution in [-0.2, 0) is 16.1 Å². The van der Waals surface area contributed by atoms with Crippen LogP contribution in [0.4, 0.5) is 14.9 Å². The predicted molar refractivity (Wildman–Crippen MR) is 117 cm³/mol. The van der Waals surface area contributed by atoms with E-state index in [-0.39, 0.29) is 34.4 Å². The molecule has 0 aliphatic carbocycles. The average molecular weight is 466 g/mol. The standard InChI is InChI=1S/C21H21ClFN3O4S/c1-21(2,3)30-20(29)25-24-19(28)12-7-8-17-16(9-12)26(18(27)11-31-17)10-13-14(22)5-4-6-15(13)23/h4-9H,10-11H2,1-3H3,(H,24,28)(H,25,29). The number of carbonyl (C=O) groups excluding carboxylic acids is 3. The number of hydrogen-bond donors (Lipinski definition) is 2. The highest BCUT2D eigenvalue weighted by molar-refractivity contribution is 8.00. The van der Waals surface area contributed by atoms with Gasteiger partial charge in [-0.05, 0) is 51.1 Å². The van der Waals surface area contributed by atoms with Crippen LogP contribution in [0.25, 0.3) is 0 Å². The maximum Gasteiger partial charge on any atom is 0.426 e. The minimum Gasteiger partial charge on any atom is -0.443 e. The van der Waals surface area contributed by atoms with Crippen molar-refractivity contribution in [3.63, 3.8) is 0 Å². The zero-order valence-corrected chi connectivity index (χ0v) is 18.7. The second kappa shape index (κ2) is 9.15. The summed E-state index contributed by atoms with van der Waals surface area (Å²) in [7, 11) is 0. The molecular weight excluding hydrogens is 445 g/mol. The number of hydrazine groups is 1. The molecule has 0 atom stereocenters. The molecule has 0 fully saturated rings. The van der Waals surface area contributed by atoms with Crippen LogP contribution in [-0.4, -0.2) is 29.3 Å². The lowest BCUT2D eigenvalue weighted by Crippen LogP contribution is -2.44. The van der Waals surface area contributed by atoms with Crippen molar-refractivity contribution < 1.29 is 23.5 Å². The van der Waals surface area contributed by atoms with Gasteiger partial charge in [-0.3, -0.25) is 15.0 Å². The van der Waals surface area contributed by atoms with E-state index in [0.29, 0.717) is 5.69 Å². The van der Waals surface area contributed by atoms with Crippen molar-refractivity contribution in [2.24, 2.45) is 0 Å². The topological polar surface area (TPSA) is 87.7 Å². The quantitative estimate of drug-likeness (QED) is 0.660. The van der Waals surface area contributed by atoms with Gasteiger partial charge in [0.1, 0.15) is 11.4 Å². The number of benzene rings is 2. The highest BCUT2D eigenvalue weighted by Gasteiger charge is 2.27. The molecule has 1 heterocycles. The third-order valence-electron chi connectivity index (χ3n) is 4.22. The van der Waals surface area contributed by atoms with Crippen molar-refractivity contribution in [2.75, 3.05) is 10.7 Å². The van der Waals surface area contributed by atoms with E-state index in [9.17, 15) is 18.8 Å². The molecule has 164 valence electrons. The summed E-state index contributed by atoms with van der Waals surface area (Å²) in [4.78, 5) is 39.0. The van der Waals surface area contributed by atoms with Crippen LogP contribution in [0.1, 0.15) is 36.7 Å². The summed E-state index contributed by atoms with van der Waals surface area (Å²) in [6, 6.07) is 9.10. The summed E-state index contributed by atoms with van der Waals surface area (Å²) in [6.45, 7) is 5.02. The molecule has 1 aliphatic rings. The molecule has 0 unspecified atom stereocenters. The Balaban J connectivity index is 1.81. The van der Waals surface area contributed by atoms with Crippen LogP contribution in [0.15, 0.2) is 41.3 Å². The van der Waals surface area contributed by atoms with Gasteiger partial charge < -0.3 is 9.64 Å². The van der Waals surface area contributed by atoms with Crippen molar-refractivity contribution in [1.29, 1.82) is 0 Å². The molecule has 3 amide bonds. The predicted octanol–water partition coefficient (Wildman–Crippen LogP) is 4.29. The summed E-state index contributed by atoms with van der Waals surface area (Å²) in [5, 5.41) is 0.211. The van der Waals surface area contributed by atoms with E-state index in [4.69, 9.17) is 16.3 Å². The number of anilines is 1. The second-order valence-corrected chi connectivity index (χ2v) is 9.16. The number of nitrogens with one attached hydrogen (secondary N) is 2. The average Bonchev–Trinajstić information content (AvgIpc) is 2.68. The van der Waals surface area contributed by atoms with E-state index in [2.05, 4.69) is 10.9 Å². The van der Waals surface area contributed by atoms with E-state index in [1.54, 1.807) is 39.0 Å². The molecule has 0 spiro atoms. The Kier molecular flexibility index (Phi) is 6.76. The Morgan fingerprint density at radius 1 is 1.23 bits per heavy atom. The van der Waals surface area contributed by atoms with E-state index < -0.39 is 23.4 Å². The Morgan fingerprint density at radius 3 is 2.65 bits per heavy atom. The van der Waals surface area contributed by atoms with Gasteiger partial charge in [-0.1, -0.05) is 17.7 Å². The number of nitrogens with zero attached hydrogens (tertiary/aromatic N) is 1. The van der Waals surface area contributed by atoms with Crippen LogP contribution in [0, 0.1) is 5.82 Å². The molecule has 1 aliphatic heterocycles. The van der Waals surface area contributed by atoms with Gasteiger partial charge in [0.05, 0.1) is 18.0 Å². The molecular formula is C21H21ClFN3O4S. The number of carbonyl (C=O) groups is 3. The summed E-state index contributed by atoms with van der Waals surface area (Å²) in [5.74, 6) is -1.16. The Hall–Kier alpha value is -2.78. The maximum absolute atomic E-state index is 14.3. The van der Waals surface area contributed by atoms with E-state index >= 15 is 0 Å². The van der Waals surface area contributed by atoms with Crippen molar-refractivity contribution in [3.8, 4) is 0 Å². The molecule has 3 rings (SSSR count). The van der Waals surface area contributed by atoms with Crippen LogP contribution in [0.3, 0.4) is 0 Å². The summed E-state index contributed by atoms with van der Waals surface area (Å²) >= 11 is 7.45. The normalized spacial score (nSPS) is 13.5. The fourth-order valence-electron chi connectivity index (χ4n) is 2.84. The highest BCUT2D eigenvalue weighted by atomic mass is 35.5. The molecule has 0 saturated carbocycles. The van der Waals surface area contributed by atoms with Gasteiger partial charge in [-0.25, -0.2) is 14.6 Å². The van der Waals surface area contributed by atoms with Gasteiger partial charge >= 0.3 is 6.09 Å². The van der Waals surface area contributed by atoms with Gasteiger partial charge in [0.2, 0.25) is 5.91 Å². The monoisotopic (exact) mass is 465 g/mol. The SMILES string of the molecule is CC(C)(C)OC(=O)NNC(=O)c1ccc2c(c1)N(Cc1c(F)cccc1Cl)C(=O)CS2. The van der Waals surface area contributed by atoms with E-state index in [1.807, 2.05) is 0 Å². The first-order valence-electron chi connectivity index (χ1n) is 9.34. The molecule has 0 aromatic heterocycles. The first-order valence-corrected chi connectivity index (χ1v) is 10.7. The first kappa shape index (κ1) is 22.9. The van der Waals surface area contributed by atoms with Gasteiger partial charge in [0.25, 0.3) is 5.91 Å². The maximum atomic E-state index is 14.3. The summed E-state index contributed by atoms with van der Waals surface area (Å²) in [6.07, 6.45) is -0.805. The zero-order valence-electron chi connectivity index (χ0n) is 17.1. The zero-order chi connectivity index (χ0) is 22.8. The Labute approximate surface area is 188 Å². The van der Waals surface area contributed by atoms with E-state index in [0.717, 1.165) is 4.90 Å². The fourth-order valence-corrected chi connectivity index (χ4v) is 3.98. The summed E-state index contributed by atoms with van der Waals surface area (Å²) < 4.78 is 19.3. The smallest absolute Gasteiger partial charge is 0.426 e. The van der Waals surface area contributed by atoms with Gasteiger partial charge in [0, 0.05) is 21.0 Å². The van der Waals surface area contributed by atoms with Crippen molar-refractivity contribution >= 4 is 47.0 Å². The third kappa shape index (κ3) is 5.68. The van der Waals surface area contributed by atoms with Crippen molar-refractivity contribution in [2.45, 2.75) is 37.8 Å². The number of hydrogen-bond acceptors (Lipinski definition) is 5. The van der Waals surface area contributed by atoms with Crippen molar-refractivity contribution in [3.05, 3.63) is 58.4 Å². The molecule has 2 aromatic carbocycles. The van der Waals surface area contributed by atoms with Crippen LogP contribution < -0.4 is 15.8 Å². The van der Waals surface area contributed by atoms with Crippen LogP contribution in [0.2, 0.25) is 5.02 Å². The Bertz CT molecular complexity index is 1020.